The molecular weight excluding hydrogens is 128 g/mol. The molecule has 0 aromatic rings. The summed E-state index contributed by atoms with van der Waals surface area (Å²) in [5.41, 5.74) is 0. The van der Waals surface area contributed by atoms with E-state index in [9.17, 15) is 4.79 Å². The van der Waals surface area contributed by atoms with Gasteiger partial charge in [0.2, 0.25) is 0 Å². The van der Waals surface area contributed by atoms with Crippen LogP contribution in [0.3, 0.4) is 0 Å². The molecular formula is C7H12N2O. The van der Waals surface area contributed by atoms with Gasteiger partial charge in [-0.2, -0.15) is 0 Å². The number of amides is 2. The van der Waals surface area contributed by atoms with Crippen molar-refractivity contribution in [3.8, 4) is 0 Å². The average molecular weight is 140 g/mol. The van der Waals surface area contributed by atoms with Gasteiger partial charge in [-0.25, -0.2) is 4.79 Å². The first kappa shape index (κ1) is 7.12. The summed E-state index contributed by atoms with van der Waals surface area (Å²) in [5.74, 6) is 0. The van der Waals surface area contributed by atoms with Crippen LogP contribution in [0, 0.1) is 0 Å². The SMILES string of the molecule is C/C=C/NC(=O)NC1CC1. The highest BCUT2D eigenvalue weighted by molar-refractivity contribution is 5.75. The molecule has 0 unspecified atom stereocenters. The number of urea groups is 1. The Balaban J connectivity index is 2.08. The molecule has 1 aliphatic carbocycles. The van der Waals surface area contributed by atoms with Gasteiger partial charge in [-0.1, -0.05) is 6.08 Å². The summed E-state index contributed by atoms with van der Waals surface area (Å²) in [5, 5.41) is 5.36. The van der Waals surface area contributed by atoms with Gasteiger partial charge in [0.1, 0.15) is 0 Å². The van der Waals surface area contributed by atoms with Gasteiger partial charge in [-0.05, 0) is 19.8 Å². The quantitative estimate of drug-likeness (QED) is 0.589. The number of allylic oxidation sites excluding steroid dienone is 1. The second kappa shape index (κ2) is 3.25. The highest BCUT2D eigenvalue weighted by atomic mass is 16.2. The summed E-state index contributed by atoms with van der Waals surface area (Å²) < 4.78 is 0. The van der Waals surface area contributed by atoms with Crippen molar-refractivity contribution >= 4 is 6.03 Å². The van der Waals surface area contributed by atoms with Gasteiger partial charge in [0, 0.05) is 12.2 Å². The molecule has 0 bridgehead atoms. The van der Waals surface area contributed by atoms with Crippen LogP contribution in [0.2, 0.25) is 0 Å². The van der Waals surface area contributed by atoms with Crippen LogP contribution in [0.5, 0.6) is 0 Å². The Kier molecular flexibility index (Phi) is 2.31. The lowest BCUT2D eigenvalue weighted by Gasteiger charge is -1.99. The third kappa shape index (κ3) is 2.53. The van der Waals surface area contributed by atoms with Crippen molar-refractivity contribution < 1.29 is 4.79 Å². The van der Waals surface area contributed by atoms with E-state index >= 15 is 0 Å². The number of hydrogen-bond acceptors (Lipinski definition) is 1. The van der Waals surface area contributed by atoms with Crippen LogP contribution in [-0.4, -0.2) is 12.1 Å². The maximum absolute atomic E-state index is 10.8. The van der Waals surface area contributed by atoms with Crippen LogP contribution in [0.15, 0.2) is 12.3 Å². The maximum atomic E-state index is 10.8. The van der Waals surface area contributed by atoms with Crippen molar-refractivity contribution in [2.75, 3.05) is 0 Å². The molecule has 3 heteroatoms. The number of carbonyl (C=O) groups excluding carboxylic acids is 1. The van der Waals surface area contributed by atoms with Crippen LogP contribution >= 0.6 is 0 Å². The molecule has 0 heterocycles. The average Bonchev–Trinajstić information content (AvgIpc) is 2.67. The molecule has 1 saturated carbocycles. The third-order valence-electron chi connectivity index (χ3n) is 1.29. The summed E-state index contributed by atoms with van der Waals surface area (Å²) in [6, 6.07) is 0.339. The normalized spacial score (nSPS) is 17.3. The Morgan fingerprint density at radius 2 is 2.30 bits per heavy atom. The molecule has 3 nitrogen and oxygen atoms in total. The molecule has 0 aromatic heterocycles. The van der Waals surface area contributed by atoms with Crippen molar-refractivity contribution in [3.05, 3.63) is 12.3 Å². The molecule has 2 amide bonds. The van der Waals surface area contributed by atoms with Gasteiger partial charge >= 0.3 is 6.03 Å². The van der Waals surface area contributed by atoms with E-state index in [-0.39, 0.29) is 6.03 Å². The van der Waals surface area contributed by atoms with Gasteiger partial charge in [0.05, 0.1) is 0 Å². The molecule has 0 atom stereocenters. The Labute approximate surface area is 60.5 Å². The second-order valence-corrected chi connectivity index (χ2v) is 2.39. The minimum atomic E-state index is -0.0967. The Morgan fingerprint density at radius 1 is 1.60 bits per heavy atom. The summed E-state index contributed by atoms with van der Waals surface area (Å²) in [7, 11) is 0. The monoisotopic (exact) mass is 140 g/mol. The summed E-state index contributed by atoms with van der Waals surface area (Å²) in [6.45, 7) is 1.86. The number of rotatable bonds is 2. The van der Waals surface area contributed by atoms with E-state index in [1.165, 1.54) is 0 Å². The largest absolute Gasteiger partial charge is 0.335 e. The summed E-state index contributed by atoms with van der Waals surface area (Å²) >= 11 is 0. The van der Waals surface area contributed by atoms with Crippen molar-refractivity contribution in [3.63, 3.8) is 0 Å². The van der Waals surface area contributed by atoms with E-state index in [1.54, 1.807) is 12.3 Å². The Morgan fingerprint density at radius 3 is 2.80 bits per heavy atom. The number of carbonyl (C=O) groups is 1. The number of nitrogens with one attached hydrogen (secondary N) is 2. The summed E-state index contributed by atoms with van der Waals surface area (Å²) in [4.78, 5) is 10.8. The maximum Gasteiger partial charge on any atom is 0.318 e. The van der Waals surface area contributed by atoms with E-state index in [1.807, 2.05) is 6.92 Å². The zero-order valence-electron chi connectivity index (χ0n) is 6.05. The highest BCUT2D eigenvalue weighted by Gasteiger charge is 2.22. The smallest absolute Gasteiger partial charge is 0.318 e. The van der Waals surface area contributed by atoms with Crippen LogP contribution in [-0.2, 0) is 0 Å². The fraction of sp³-hybridized carbons (Fsp3) is 0.571. The van der Waals surface area contributed by atoms with Gasteiger partial charge in [-0.3, -0.25) is 0 Å². The van der Waals surface area contributed by atoms with E-state index in [0.717, 1.165) is 12.8 Å². The molecule has 0 aliphatic heterocycles. The molecule has 56 valence electrons. The van der Waals surface area contributed by atoms with E-state index in [2.05, 4.69) is 10.6 Å². The van der Waals surface area contributed by atoms with Crippen molar-refractivity contribution in [1.82, 2.24) is 10.6 Å². The second-order valence-electron chi connectivity index (χ2n) is 2.39. The molecule has 1 rings (SSSR count). The highest BCUT2D eigenvalue weighted by Crippen LogP contribution is 2.17. The van der Waals surface area contributed by atoms with Crippen molar-refractivity contribution in [2.24, 2.45) is 0 Å². The van der Waals surface area contributed by atoms with Crippen LogP contribution < -0.4 is 10.6 Å². The molecule has 1 fully saturated rings. The predicted octanol–water partition coefficient (Wildman–Crippen LogP) is 0.982. The van der Waals surface area contributed by atoms with E-state index in [0.29, 0.717) is 6.04 Å². The van der Waals surface area contributed by atoms with Gasteiger partial charge in [0.25, 0.3) is 0 Å². The first-order chi connectivity index (χ1) is 4.83. The van der Waals surface area contributed by atoms with Crippen LogP contribution in [0.4, 0.5) is 4.79 Å². The lowest BCUT2D eigenvalue weighted by Crippen LogP contribution is -2.33. The number of hydrogen-bond donors (Lipinski definition) is 2. The fourth-order valence-corrected chi connectivity index (χ4v) is 0.614. The zero-order valence-corrected chi connectivity index (χ0v) is 6.05. The standard InChI is InChI=1S/C7H12N2O/c1-2-5-8-7(10)9-6-3-4-6/h2,5-6H,3-4H2,1H3,(H2,8,9,10)/b5-2+. The first-order valence-electron chi connectivity index (χ1n) is 3.51. The van der Waals surface area contributed by atoms with Crippen molar-refractivity contribution in [2.45, 2.75) is 25.8 Å². The molecule has 10 heavy (non-hydrogen) atoms. The minimum Gasteiger partial charge on any atom is -0.335 e. The van der Waals surface area contributed by atoms with Crippen molar-refractivity contribution in [1.29, 1.82) is 0 Å². The van der Waals surface area contributed by atoms with Gasteiger partial charge in [0.15, 0.2) is 0 Å². The van der Waals surface area contributed by atoms with Gasteiger partial charge < -0.3 is 10.6 Å². The van der Waals surface area contributed by atoms with Crippen LogP contribution in [0.25, 0.3) is 0 Å². The fourth-order valence-electron chi connectivity index (χ4n) is 0.614. The molecule has 0 saturated heterocycles. The molecule has 1 aliphatic rings. The lowest BCUT2D eigenvalue weighted by molar-refractivity contribution is 0.243. The third-order valence-corrected chi connectivity index (χ3v) is 1.29. The molecule has 0 aromatic carbocycles. The van der Waals surface area contributed by atoms with E-state index < -0.39 is 0 Å². The lowest BCUT2D eigenvalue weighted by atomic mass is 10.6. The zero-order chi connectivity index (χ0) is 7.40. The molecule has 0 spiro atoms. The predicted molar refractivity (Wildman–Crippen MR) is 39.5 cm³/mol. The summed E-state index contributed by atoms with van der Waals surface area (Å²) in [6.07, 6.45) is 5.66. The minimum absolute atomic E-state index is 0.0967. The molecule has 2 N–H and O–H groups in total. The first-order valence-corrected chi connectivity index (χ1v) is 3.51. The molecule has 0 radical (unpaired) electrons. The van der Waals surface area contributed by atoms with E-state index in [4.69, 9.17) is 0 Å². The van der Waals surface area contributed by atoms with Gasteiger partial charge in [-0.15, -0.1) is 0 Å². The topological polar surface area (TPSA) is 41.1 Å². The Hall–Kier alpha value is -0.990. The Bertz CT molecular complexity index is 150. The van der Waals surface area contributed by atoms with Crippen LogP contribution in [0.1, 0.15) is 19.8 Å².